The third-order valence-electron chi connectivity index (χ3n) is 7.17. The number of methoxy groups -OCH3 is 1. The summed E-state index contributed by atoms with van der Waals surface area (Å²) in [6, 6.07) is 16.8. The molecule has 11 heteroatoms. The second kappa shape index (κ2) is 14.6. The van der Waals surface area contributed by atoms with Crippen LogP contribution in [-0.4, -0.2) is 30.4 Å². The molecular weight excluding hydrogens is 783 g/mol. The van der Waals surface area contributed by atoms with Crippen LogP contribution in [0.3, 0.4) is 0 Å². The molecule has 46 heavy (non-hydrogen) atoms. The van der Waals surface area contributed by atoms with Gasteiger partial charge in [-0.1, -0.05) is 47.2 Å². The van der Waals surface area contributed by atoms with Gasteiger partial charge in [0.1, 0.15) is 12.4 Å². The highest BCUT2D eigenvalue weighted by Crippen LogP contribution is 2.37. The molecule has 240 valence electrons. The number of benzene rings is 3. The molecule has 0 fully saturated rings. The monoisotopic (exact) mass is 816 g/mol. The fourth-order valence-electron chi connectivity index (χ4n) is 5.22. The van der Waals surface area contributed by atoms with Gasteiger partial charge in [-0.3, -0.25) is 9.36 Å². The van der Waals surface area contributed by atoms with Crippen LogP contribution < -0.4 is 29.1 Å². The molecule has 3 aromatic carbocycles. The Bertz CT molecular complexity index is 1990. The van der Waals surface area contributed by atoms with E-state index in [1.807, 2.05) is 50.3 Å². The highest BCUT2D eigenvalue weighted by atomic mass is 127. The number of nitrogens with zero attached hydrogens (tertiary/aromatic N) is 2. The molecule has 2 heterocycles. The summed E-state index contributed by atoms with van der Waals surface area (Å²) in [5.74, 6) is 1.27. The topological polar surface area (TPSA) is 88.4 Å². The lowest BCUT2D eigenvalue weighted by Crippen LogP contribution is -2.40. The molecule has 0 amide bonds. The lowest BCUT2D eigenvalue weighted by Gasteiger charge is -2.25. The van der Waals surface area contributed by atoms with Gasteiger partial charge in [-0.2, -0.15) is 0 Å². The highest BCUT2D eigenvalue weighted by Gasteiger charge is 2.34. The van der Waals surface area contributed by atoms with E-state index in [2.05, 4.69) is 57.6 Å². The predicted octanol–water partition coefficient (Wildman–Crippen LogP) is 6.85. The average Bonchev–Trinajstić information content (AvgIpc) is 3.29. The smallest absolute Gasteiger partial charge is 0.338 e. The maximum Gasteiger partial charge on any atom is 0.338 e. The Hall–Kier alpha value is -3.42. The van der Waals surface area contributed by atoms with Crippen molar-refractivity contribution in [3.05, 3.63) is 116 Å². The van der Waals surface area contributed by atoms with Crippen LogP contribution in [0.15, 0.2) is 80.1 Å². The Morgan fingerprint density at radius 2 is 1.91 bits per heavy atom. The summed E-state index contributed by atoms with van der Waals surface area (Å²) in [4.78, 5) is 32.6. The van der Waals surface area contributed by atoms with Crippen molar-refractivity contribution in [3.63, 3.8) is 0 Å². The number of allylic oxidation sites excluding steroid dienone is 1. The van der Waals surface area contributed by atoms with Crippen molar-refractivity contribution >= 4 is 61.9 Å². The molecule has 0 radical (unpaired) electrons. The number of carbonyl (C=O) groups excluding carboxylic acids is 1. The van der Waals surface area contributed by atoms with Gasteiger partial charge in [0, 0.05) is 0 Å². The Morgan fingerprint density at radius 1 is 1.13 bits per heavy atom. The van der Waals surface area contributed by atoms with E-state index in [-0.39, 0.29) is 18.3 Å². The summed E-state index contributed by atoms with van der Waals surface area (Å²) in [5, 5.41) is 0. The molecule has 0 unspecified atom stereocenters. The summed E-state index contributed by atoms with van der Waals surface area (Å²) in [5.41, 5.74) is 4.27. The lowest BCUT2D eigenvalue weighted by atomic mass is 9.95. The van der Waals surface area contributed by atoms with E-state index in [4.69, 9.17) is 23.9 Å². The Kier molecular flexibility index (Phi) is 10.7. The lowest BCUT2D eigenvalue weighted by molar-refractivity contribution is -0.139. The molecule has 5 rings (SSSR count). The largest absolute Gasteiger partial charge is 0.493 e. The molecule has 0 aliphatic carbocycles. The molecule has 0 spiro atoms. The first kappa shape index (κ1) is 33.9. The van der Waals surface area contributed by atoms with E-state index >= 15 is 0 Å². The number of hydrogen-bond donors (Lipinski definition) is 0. The van der Waals surface area contributed by atoms with Gasteiger partial charge in [-0.15, -0.1) is 0 Å². The molecule has 0 saturated carbocycles. The van der Waals surface area contributed by atoms with E-state index in [1.54, 1.807) is 37.7 Å². The number of esters is 1. The van der Waals surface area contributed by atoms with Crippen molar-refractivity contribution in [2.45, 2.75) is 53.4 Å². The number of rotatable bonds is 10. The van der Waals surface area contributed by atoms with Crippen LogP contribution in [0, 0.1) is 10.5 Å². The maximum atomic E-state index is 14.1. The predicted molar refractivity (Wildman–Crippen MR) is 192 cm³/mol. The molecule has 1 aliphatic heterocycles. The number of aryl methyl sites for hydroxylation is 1. The summed E-state index contributed by atoms with van der Waals surface area (Å²) in [6.07, 6.45) is 1.77. The van der Waals surface area contributed by atoms with Crippen LogP contribution >= 0.6 is 49.9 Å². The number of thiazole rings is 1. The standard InChI is InChI=1S/C35H34BrIN2O6S/c1-7-43-34(41)30-21(5)38-35-39(31(30)24-11-12-27(45-19(2)3)28(17-24)42-6)33(40)29(46-35)16-23-14-25(36)32(26(37)15-23)44-18-22-10-8-9-20(4)13-22/h8-17,19,31H,7,18H2,1-6H3/b29-16-/t31-/m0/s1. The second-order valence-electron chi connectivity index (χ2n) is 11.0. The number of carbonyl (C=O) groups is 1. The quantitative estimate of drug-likeness (QED) is 0.129. The van der Waals surface area contributed by atoms with E-state index < -0.39 is 12.0 Å². The van der Waals surface area contributed by atoms with Crippen LogP contribution in [-0.2, 0) is 16.1 Å². The molecule has 0 saturated heterocycles. The minimum atomic E-state index is -0.774. The van der Waals surface area contributed by atoms with E-state index in [9.17, 15) is 9.59 Å². The molecule has 0 N–H and O–H groups in total. The first-order chi connectivity index (χ1) is 22.0. The normalized spacial score (nSPS) is 14.6. The van der Waals surface area contributed by atoms with Gasteiger partial charge in [-0.05, 0) is 120 Å². The molecule has 4 aromatic rings. The first-order valence-corrected chi connectivity index (χ1v) is 17.4. The summed E-state index contributed by atoms with van der Waals surface area (Å²) in [7, 11) is 1.56. The van der Waals surface area contributed by atoms with Crippen LogP contribution in [0.4, 0.5) is 0 Å². The zero-order valence-electron chi connectivity index (χ0n) is 26.4. The third kappa shape index (κ3) is 7.26. The van der Waals surface area contributed by atoms with Crippen molar-refractivity contribution in [1.82, 2.24) is 4.57 Å². The molecule has 1 aromatic heterocycles. The van der Waals surface area contributed by atoms with Gasteiger partial charge < -0.3 is 18.9 Å². The SMILES string of the molecule is CCOC(=O)C1=C(C)N=c2s/c(=C\c3cc(Br)c(OCc4cccc(C)c4)c(I)c3)c(=O)n2[C@H]1c1ccc(OC(C)C)c(OC)c1. The van der Waals surface area contributed by atoms with Gasteiger partial charge in [0.05, 0.1) is 49.7 Å². The summed E-state index contributed by atoms with van der Waals surface area (Å²) in [6.45, 7) is 10.1. The summed E-state index contributed by atoms with van der Waals surface area (Å²) >= 11 is 7.18. The third-order valence-corrected chi connectivity index (χ3v) is 9.54. The first-order valence-electron chi connectivity index (χ1n) is 14.7. The number of aromatic nitrogens is 1. The van der Waals surface area contributed by atoms with Crippen molar-refractivity contribution in [2.24, 2.45) is 4.99 Å². The Labute approximate surface area is 293 Å². The van der Waals surface area contributed by atoms with Crippen LogP contribution in [0.5, 0.6) is 17.2 Å². The van der Waals surface area contributed by atoms with Crippen molar-refractivity contribution in [3.8, 4) is 17.2 Å². The van der Waals surface area contributed by atoms with Crippen molar-refractivity contribution < 1.29 is 23.7 Å². The summed E-state index contributed by atoms with van der Waals surface area (Å²) < 4.78 is 26.9. The number of halogens is 2. The van der Waals surface area contributed by atoms with E-state index in [0.717, 1.165) is 24.9 Å². The van der Waals surface area contributed by atoms with Crippen LogP contribution in [0.25, 0.3) is 6.08 Å². The molecule has 8 nitrogen and oxygen atoms in total. The fourth-order valence-corrected chi connectivity index (χ4v) is 8.04. The molecule has 1 aliphatic rings. The minimum Gasteiger partial charge on any atom is -0.493 e. The highest BCUT2D eigenvalue weighted by molar-refractivity contribution is 14.1. The minimum absolute atomic E-state index is 0.0634. The van der Waals surface area contributed by atoms with Crippen LogP contribution in [0.2, 0.25) is 0 Å². The molecule has 1 atom stereocenters. The average molecular weight is 818 g/mol. The fraction of sp³-hybridized carbons (Fsp3) is 0.286. The Morgan fingerprint density at radius 3 is 2.59 bits per heavy atom. The van der Waals surface area contributed by atoms with Gasteiger partial charge >= 0.3 is 5.97 Å². The molecular formula is C35H34BrIN2O6S. The van der Waals surface area contributed by atoms with Gasteiger partial charge in [-0.25, -0.2) is 9.79 Å². The second-order valence-corrected chi connectivity index (χ2v) is 14.0. The Balaban J connectivity index is 1.58. The zero-order chi connectivity index (χ0) is 33.1. The van der Waals surface area contributed by atoms with Gasteiger partial charge in [0.2, 0.25) is 0 Å². The number of hydrogen-bond acceptors (Lipinski definition) is 8. The van der Waals surface area contributed by atoms with Gasteiger partial charge in [0.15, 0.2) is 16.3 Å². The zero-order valence-corrected chi connectivity index (χ0v) is 30.9. The number of fused-ring (bicyclic) bond motifs is 1. The van der Waals surface area contributed by atoms with Crippen LogP contribution in [0.1, 0.15) is 56.0 Å². The van der Waals surface area contributed by atoms with Crippen molar-refractivity contribution in [1.29, 1.82) is 0 Å². The van der Waals surface area contributed by atoms with Gasteiger partial charge in [0.25, 0.3) is 5.56 Å². The van der Waals surface area contributed by atoms with E-state index in [0.29, 0.717) is 44.3 Å². The maximum absolute atomic E-state index is 14.1. The number of ether oxygens (including phenoxy) is 4. The molecule has 0 bridgehead atoms. The van der Waals surface area contributed by atoms with Crippen molar-refractivity contribution in [2.75, 3.05) is 13.7 Å². The van der Waals surface area contributed by atoms with E-state index in [1.165, 1.54) is 16.9 Å².